The largest absolute Gasteiger partial charge is 0.480 e. The third kappa shape index (κ3) is 5.79. The minimum absolute atomic E-state index is 0.128. The van der Waals surface area contributed by atoms with E-state index >= 15 is 0 Å². The van der Waals surface area contributed by atoms with Gasteiger partial charge in [0, 0.05) is 26.2 Å². The molecule has 1 N–H and O–H groups in total. The first kappa shape index (κ1) is 19.3. The molecule has 0 amide bonds. The van der Waals surface area contributed by atoms with E-state index in [1.54, 1.807) is 0 Å². The lowest BCUT2D eigenvalue weighted by molar-refractivity contribution is -0.138. The summed E-state index contributed by atoms with van der Waals surface area (Å²) < 4.78 is 5.71. The second-order valence-corrected chi connectivity index (χ2v) is 7.87. The Morgan fingerprint density at radius 3 is 2.65 bits per heavy atom. The smallest absolute Gasteiger partial charge is 0.317 e. The third-order valence-corrected chi connectivity index (χ3v) is 5.72. The van der Waals surface area contributed by atoms with Crippen LogP contribution in [0.5, 0.6) is 0 Å². The first-order valence-corrected chi connectivity index (χ1v) is 9.93. The highest BCUT2D eigenvalue weighted by atomic mass is 16.5. The average molecular weight is 360 g/mol. The molecule has 0 spiro atoms. The first-order valence-electron chi connectivity index (χ1n) is 9.93. The summed E-state index contributed by atoms with van der Waals surface area (Å²) in [7, 11) is 0. The summed E-state index contributed by atoms with van der Waals surface area (Å²) in [5, 5.41) is 9.23. The van der Waals surface area contributed by atoms with Crippen molar-refractivity contribution in [3.63, 3.8) is 0 Å². The monoisotopic (exact) mass is 360 g/mol. The fourth-order valence-electron chi connectivity index (χ4n) is 4.19. The molecule has 0 saturated carbocycles. The van der Waals surface area contributed by atoms with Gasteiger partial charge in [-0.3, -0.25) is 14.6 Å². The predicted octanol–water partition coefficient (Wildman–Crippen LogP) is 2.77. The van der Waals surface area contributed by atoms with Gasteiger partial charge in [0.1, 0.15) is 0 Å². The number of aryl methyl sites for hydroxylation is 1. The van der Waals surface area contributed by atoms with Crippen LogP contribution in [-0.2, 0) is 16.1 Å². The van der Waals surface area contributed by atoms with Crippen LogP contribution in [0.25, 0.3) is 0 Å². The van der Waals surface area contributed by atoms with Gasteiger partial charge in [-0.05, 0) is 62.7 Å². The van der Waals surface area contributed by atoms with E-state index < -0.39 is 5.97 Å². The Balaban J connectivity index is 1.46. The molecule has 2 aliphatic rings. The van der Waals surface area contributed by atoms with Crippen molar-refractivity contribution < 1.29 is 14.6 Å². The molecule has 5 heteroatoms. The second-order valence-electron chi connectivity index (χ2n) is 7.87. The summed E-state index contributed by atoms with van der Waals surface area (Å²) in [5.41, 5.74) is 2.77. The summed E-state index contributed by atoms with van der Waals surface area (Å²) >= 11 is 0. The standard InChI is InChI=1S/C21H32N2O3/c1-17-5-2-3-6-19(17)14-22-10-8-18(9-11-22)13-23(16-21(24)25)15-20-7-4-12-26-20/h2-3,5-6,18,20H,4,7-16H2,1H3,(H,24,25)/t20-/m1/s1. The maximum Gasteiger partial charge on any atom is 0.317 e. The molecule has 3 rings (SSSR count). The maximum atomic E-state index is 11.2. The molecular weight excluding hydrogens is 328 g/mol. The molecule has 0 radical (unpaired) electrons. The molecule has 2 saturated heterocycles. The number of likely N-dealkylation sites (tertiary alicyclic amines) is 1. The number of carboxylic acids is 1. The van der Waals surface area contributed by atoms with Crippen molar-refractivity contribution in [1.82, 2.24) is 9.80 Å². The van der Waals surface area contributed by atoms with Gasteiger partial charge < -0.3 is 9.84 Å². The van der Waals surface area contributed by atoms with Crippen LogP contribution >= 0.6 is 0 Å². The van der Waals surface area contributed by atoms with Crippen LogP contribution in [0, 0.1) is 12.8 Å². The number of hydrogen-bond donors (Lipinski definition) is 1. The lowest BCUT2D eigenvalue weighted by atomic mass is 9.95. The number of benzene rings is 1. The number of hydrogen-bond acceptors (Lipinski definition) is 4. The summed E-state index contributed by atoms with van der Waals surface area (Å²) in [6.45, 7) is 7.98. The number of carboxylic acid groups (broad SMARTS) is 1. The van der Waals surface area contributed by atoms with Crippen LogP contribution in [0.15, 0.2) is 24.3 Å². The molecule has 144 valence electrons. The van der Waals surface area contributed by atoms with Crippen LogP contribution in [0.4, 0.5) is 0 Å². The van der Waals surface area contributed by atoms with E-state index in [4.69, 9.17) is 4.74 Å². The van der Waals surface area contributed by atoms with Gasteiger partial charge >= 0.3 is 5.97 Å². The Hall–Kier alpha value is -1.43. The summed E-state index contributed by atoms with van der Waals surface area (Å²) in [6, 6.07) is 8.61. The highest BCUT2D eigenvalue weighted by Crippen LogP contribution is 2.22. The number of piperidine rings is 1. The van der Waals surface area contributed by atoms with E-state index in [2.05, 4.69) is 41.0 Å². The Kier molecular flexibility index (Phi) is 7.06. The van der Waals surface area contributed by atoms with E-state index in [0.29, 0.717) is 5.92 Å². The number of aliphatic carboxylic acids is 1. The number of rotatable bonds is 8. The minimum atomic E-state index is -0.736. The topological polar surface area (TPSA) is 53.0 Å². The molecule has 2 aliphatic heterocycles. The van der Waals surface area contributed by atoms with Crippen LogP contribution < -0.4 is 0 Å². The molecule has 0 aliphatic carbocycles. The molecule has 2 heterocycles. The van der Waals surface area contributed by atoms with Gasteiger partial charge in [0.05, 0.1) is 12.6 Å². The average Bonchev–Trinajstić information content (AvgIpc) is 3.11. The summed E-state index contributed by atoms with van der Waals surface area (Å²) in [6.07, 6.45) is 4.67. The zero-order chi connectivity index (χ0) is 18.4. The molecule has 1 aromatic carbocycles. The highest BCUT2D eigenvalue weighted by Gasteiger charge is 2.25. The van der Waals surface area contributed by atoms with Crippen LogP contribution in [0.1, 0.15) is 36.8 Å². The lowest BCUT2D eigenvalue weighted by Gasteiger charge is -2.35. The Morgan fingerprint density at radius 1 is 1.23 bits per heavy atom. The Morgan fingerprint density at radius 2 is 2.00 bits per heavy atom. The molecular formula is C21H32N2O3. The molecule has 1 atom stereocenters. The summed E-state index contributed by atoms with van der Waals surface area (Å²) in [5.74, 6) is -0.149. The molecule has 0 aromatic heterocycles. The van der Waals surface area contributed by atoms with Gasteiger partial charge in [0.2, 0.25) is 0 Å². The lowest BCUT2D eigenvalue weighted by Crippen LogP contribution is -2.42. The fourth-order valence-corrected chi connectivity index (χ4v) is 4.19. The van der Waals surface area contributed by atoms with E-state index in [1.807, 2.05) is 0 Å². The second kappa shape index (κ2) is 9.49. The van der Waals surface area contributed by atoms with E-state index in [0.717, 1.165) is 65.0 Å². The zero-order valence-electron chi connectivity index (χ0n) is 15.9. The maximum absolute atomic E-state index is 11.2. The van der Waals surface area contributed by atoms with Gasteiger partial charge in [-0.2, -0.15) is 0 Å². The van der Waals surface area contributed by atoms with Gasteiger partial charge in [0.25, 0.3) is 0 Å². The SMILES string of the molecule is Cc1ccccc1CN1CCC(CN(CC(=O)O)C[C@H]2CCCO2)CC1. The molecule has 26 heavy (non-hydrogen) atoms. The van der Waals surface area contributed by atoms with E-state index in [1.165, 1.54) is 11.1 Å². The fraction of sp³-hybridized carbons (Fsp3) is 0.667. The van der Waals surface area contributed by atoms with Crippen molar-refractivity contribution in [2.24, 2.45) is 5.92 Å². The van der Waals surface area contributed by atoms with Gasteiger partial charge in [-0.15, -0.1) is 0 Å². The van der Waals surface area contributed by atoms with E-state index in [9.17, 15) is 9.90 Å². The van der Waals surface area contributed by atoms with Crippen LogP contribution in [0.3, 0.4) is 0 Å². The molecule has 0 bridgehead atoms. The van der Waals surface area contributed by atoms with Crippen LogP contribution in [-0.4, -0.2) is 66.3 Å². The van der Waals surface area contributed by atoms with Crippen LogP contribution in [0.2, 0.25) is 0 Å². The van der Waals surface area contributed by atoms with Crippen molar-refractivity contribution in [2.45, 2.75) is 45.3 Å². The quantitative estimate of drug-likeness (QED) is 0.773. The molecule has 0 unspecified atom stereocenters. The van der Waals surface area contributed by atoms with Crippen molar-refractivity contribution >= 4 is 5.97 Å². The molecule has 1 aromatic rings. The number of ether oxygens (including phenoxy) is 1. The molecule has 5 nitrogen and oxygen atoms in total. The minimum Gasteiger partial charge on any atom is -0.480 e. The first-order chi connectivity index (χ1) is 12.6. The van der Waals surface area contributed by atoms with Crippen molar-refractivity contribution in [3.8, 4) is 0 Å². The predicted molar refractivity (Wildman–Crippen MR) is 102 cm³/mol. The molecule has 2 fully saturated rings. The Labute approximate surface area is 156 Å². The van der Waals surface area contributed by atoms with Gasteiger partial charge in [-0.25, -0.2) is 0 Å². The summed E-state index contributed by atoms with van der Waals surface area (Å²) in [4.78, 5) is 15.8. The normalized spacial score (nSPS) is 22.2. The number of carbonyl (C=O) groups is 1. The van der Waals surface area contributed by atoms with Gasteiger partial charge in [-0.1, -0.05) is 24.3 Å². The Bertz CT molecular complexity index is 578. The van der Waals surface area contributed by atoms with Crippen molar-refractivity contribution in [1.29, 1.82) is 0 Å². The van der Waals surface area contributed by atoms with Gasteiger partial charge in [0.15, 0.2) is 0 Å². The zero-order valence-corrected chi connectivity index (χ0v) is 15.9. The highest BCUT2D eigenvalue weighted by molar-refractivity contribution is 5.69. The number of nitrogens with zero attached hydrogens (tertiary/aromatic N) is 2. The van der Waals surface area contributed by atoms with Crippen molar-refractivity contribution in [2.75, 3.05) is 39.3 Å². The van der Waals surface area contributed by atoms with Crippen molar-refractivity contribution in [3.05, 3.63) is 35.4 Å². The van der Waals surface area contributed by atoms with E-state index in [-0.39, 0.29) is 12.6 Å². The third-order valence-electron chi connectivity index (χ3n) is 5.72.